The summed E-state index contributed by atoms with van der Waals surface area (Å²) in [4.78, 5) is 24.7. The molecule has 1 heterocycles. The van der Waals surface area contributed by atoms with Crippen molar-refractivity contribution < 1.29 is 14.3 Å². The Morgan fingerprint density at radius 1 is 1.04 bits per heavy atom. The Kier molecular flexibility index (Phi) is 5.28. The van der Waals surface area contributed by atoms with Gasteiger partial charge < -0.3 is 4.74 Å². The number of benzene rings is 2. The van der Waals surface area contributed by atoms with Crippen LogP contribution in [-0.4, -0.2) is 38.6 Å². The molecule has 0 spiro atoms. The van der Waals surface area contributed by atoms with E-state index in [9.17, 15) is 9.59 Å². The molecule has 130 valence electrons. The number of tetrazole rings is 1. The summed E-state index contributed by atoms with van der Waals surface area (Å²) in [5.41, 5.74) is 1.38. The van der Waals surface area contributed by atoms with E-state index >= 15 is 0 Å². The number of rotatable bonds is 6. The standard InChI is InChI=1S/C19H16N4O3/c1-14-20-21-22-23(14)17(12-15-8-4-2-5-9-15)19(25)26-13-18(24)16-10-6-3-7-11-16/h2-12H,13H2,1H3/b17-12-. The van der Waals surface area contributed by atoms with Crippen molar-refractivity contribution in [2.45, 2.75) is 6.92 Å². The molecule has 0 aliphatic carbocycles. The molecular weight excluding hydrogens is 332 g/mol. The van der Waals surface area contributed by atoms with Crippen LogP contribution in [0.3, 0.4) is 0 Å². The number of aromatic nitrogens is 4. The van der Waals surface area contributed by atoms with E-state index in [1.54, 1.807) is 37.3 Å². The van der Waals surface area contributed by atoms with E-state index < -0.39 is 5.97 Å². The third-order valence-corrected chi connectivity index (χ3v) is 3.60. The summed E-state index contributed by atoms with van der Waals surface area (Å²) in [5, 5.41) is 11.2. The first-order valence-electron chi connectivity index (χ1n) is 7.92. The van der Waals surface area contributed by atoms with Gasteiger partial charge in [-0.15, -0.1) is 5.10 Å². The van der Waals surface area contributed by atoms with Gasteiger partial charge in [0.25, 0.3) is 0 Å². The minimum atomic E-state index is -0.687. The number of ether oxygens (including phenoxy) is 1. The lowest BCUT2D eigenvalue weighted by atomic mass is 10.1. The van der Waals surface area contributed by atoms with E-state index in [0.717, 1.165) is 5.56 Å². The number of hydrogen-bond donors (Lipinski definition) is 0. The monoisotopic (exact) mass is 348 g/mol. The number of ketones is 1. The van der Waals surface area contributed by atoms with E-state index in [1.807, 2.05) is 36.4 Å². The molecule has 1 aromatic heterocycles. The first-order valence-corrected chi connectivity index (χ1v) is 7.92. The fourth-order valence-corrected chi connectivity index (χ4v) is 2.28. The van der Waals surface area contributed by atoms with Crippen LogP contribution in [0.25, 0.3) is 11.8 Å². The number of carbonyl (C=O) groups is 2. The molecule has 0 aliphatic rings. The minimum Gasteiger partial charge on any atom is -0.453 e. The number of esters is 1. The summed E-state index contributed by atoms with van der Waals surface area (Å²) in [6.45, 7) is 1.30. The maximum absolute atomic E-state index is 12.6. The zero-order chi connectivity index (χ0) is 18.4. The van der Waals surface area contributed by atoms with E-state index in [0.29, 0.717) is 11.4 Å². The molecule has 0 bridgehead atoms. The van der Waals surface area contributed by atoms with Crippen molar-refractivity contribution in [3.63, 3.8) is 0 Å². The van der Waals surface area contributed by atoms with Crippen molar-refractivity contribution in [3.8, 4) is 0 Å². The van der Waals surface area contributed by atoms with Crippen LogP contribution in [0.5, 0.6) is 0 Å². The molecule has 0 aliphatic heterocycles. The molecule has 0 fully saturated rings. The zero-order valence-electron chi connectivity index (χ0n) is 14.1. The van der Waals surface area contributed by atoms with Crippen molar-refractivity contribution in [3.05, 3.63) is 77.6 Å². The largest absolute Gasteiger partial charge is 0.453 e. The fraction of sp³-hybridized carbons (Fsp3) is 0.105. The van der Waals surface area contributed by atoms with Gasteiger partial charge in [-0.1, -0.05) is 60.7 Å². The summed E-state index contributed by atoms with van der Waals surface area (Å²) >= 11 is 0. The van der Waals surface area contributed by atoms with Gasteiger partial charge in [0.1, 0.15) is 0 Å². The number of hydrogen-bond acceptors (Lipinski definition) is 6. The lowest BCUT2D eigenvalue weighted by Gasteiger charge is -2.09. The first-order chi connectivity index (χ1) is 12.6. The van der Waals surface area contributed by atoms with Crippen LogP contribution in [0.1, 0.15) is 21.7 Å². The summed E-state index contributed by atoms with van der Waals surface area (Å²) in [5.74, 6) is -0.543. The summed E-state index contributed by atoms with van der Waals surface area (Å²) in [6.07, 6.45) is 1.61. The third kappa shape index (κ3) is 4.07. The van der Waals surface area contributed by atoms with Crippen LogP contribution in [0.2, 0.25) is 0 Å². The Bertz CT molecular complexity index is 934. The predicted molar refractivity (Wildman–Crippen MR) is 94.9 cm³/mol. The first kappa shape index (κ1) is 17.2. The number of aryl methyl sites for hydroxylation is 1. The maximum atomic E-state index is 12.6. The second-order valence-corrected chi connectivity index (χ2v) is 5.44. The van der Waals surface area contributed by atoms with E-state index in [2.05, 4.69) is 15.5 Å². The van der Waals surface area contributed by atoms with E-state index in [-0.39, 0.29) is 18.1 Å². The second kappa shape index (κ2) is 7.98. The molecule has 0 N–H and O–H groups in total. The van der Waals surface area contributed by atoms with Crippen LogP contribution in [0.15, 0.2) is 60.7 Å². The summed E-state index contributed by atoms with van der Waals surface area (Å²) in [6, 6.07) is 17.9. The van der Waals surface area contributed by atoms with Crippen LogP contribution in [-0.2, 0) is 9.53 Å². The molecule has 0 radical (unpaired) electrons. The topological polar surface area (TPSA) is 87.0 Å². The second-order valence-electron chi connectivity index (χ2n) is 5.44. The highest BCUT2D eigenvalue weighted by atomic mass is 16.5. The van der Waals surface area contributed by atoms with Crippen molar-refractivity contribution in [1.82, 2.24) is 20.2 Å². The molecule has 0 saturated heterocycles. The highest BCUT2D eigenvalue weighted by Gasteiger charge is 2.19. The van der Waals surface area contributed by atoms with E-state index in [1.165, 1.54) is 4.68 Å². The maximum Gasteiger partial charge on any atom is 0.357 e. The van der Waals surface area contributed by atoms with Crippen molar-refractivity contribution in [2.75, 3.05) is 6.61 Å². The molecule has 3 rings (SSSR count). The van der Waals surface area contributed by atoms with Gasteiger partial charge in [0.2, 0.25) is 0 Å². The molecule has 26 heavy (non-hydrogen) atoms. The lowest BCUT2D eigenvalue weighted by Crippen LogP contribution is -2.19. The summed E-state index contributed by atoms with van der Waals surface area (Å²) in [7, 11) is 0. The Morgan fingerprint density at radius 3 is 2.31 bits per heavy atom. The quantitative estimate of drug-likeness (QED) is 0.386. The van der Waals surface area contributed by atoms with Crippen LogP contribution in [0.4, 0.5) is 0 Å². The van der Waals surface area contributed by atoms with Gasteiger partial charge in [-0.25, -0.2) is 4.79 Å². The lowest BCUT2D eigenvalue weighted by molar-refractivity contribution is -0.136. The molecule has 0 unspecified atom stereocenters. The number of nitrogens with zero attached hydrogens (tertiary/aromatic N) is 4. The molecular formula is C19H16N4O3. The molecule has 0 atom stereocenters. The van der Waals surface area contributed by atoms with Crippen LogP contribution >= 0.6 is 0 Å². The Morgan fingerprint density at radius 2 is 1.69 bits per heavy atom. The minimum absolute atomic E-state index is 0.125. The van der Waals surface area contributed by atoms with Gasteiger partial charge in [0.15, 0.2) is 23.9 Å². The third-order valence-electron chi connectivity index (χ3n) is 3.60. The molecule has 0 saturated carbocycles. The van der Waals surface area contributed by atoms with Crippen LogP contribution in [0, 0.1) is 6.92 Å². The summed E-state index contributed by atoms with van der Waals surface area (Å²) < 4.78 is 6.48. The van der Waals surface area contributed by atoms with Crippen LogP contribution < -0.4 is 0 Å². The van der Waals surface area contributed by atoms with Gasteiger partial charge in [-0.05, 0) is 29.0 Å². The zero-order valence-corrected chi connectivity index (χ0v) is 14.1. The van der Waals surface area contributed by atoms with Crippen molar-refractivity contribution in [2.24, 2.45) is 0 Å². The SMILES string of the molecule is Cc1nnnn1/C(=C\c1ccccc1)C(=O)OCC(=O)c1ccccc1. The fourth-order valence-electron chi connectivity index (χ4n) is 2.28. The highest BCUT2D eigenvalue weighted by molar-refractivity contribution is 6.16. The van der Waals surface area contributed by atoms with Crippen molar-refractivity contribution in [1.29, 1.82) is 0 Å². The van der Waals surface area contributed by atoms with Gasteiger partial charge in [0.05, 0.1) is 0 Å². The smallest absolute Gasteiger partial charge is 0.357 e. The van der Waals surface area contributed by atoms with Gasteiger partial charge in [0, 0.05) is 5.56 Å². The average Bonchev–Trinajstić information content (AvgIpc) is 3.11. The number of Topliss-reactive ketones (excluding diaryl/α,β-unsaturated/α-hetero) is 1. The molecule has 0 amide bonds. The Balaban J connectivity index is 1.81. The average molecular weight is 348 g/mol. The molecule has 2 aromatic carbocycles. The predicted octanol–water partition coefficient (Wildman–Crippen LogP) is 2.41. The normalized spacial score (nSPS) is 11.2. The molecule has 7 nitrogen and oxygen atoms in total. The van der Waals surface area contributed by atoms with E-state index in [4.69, 9.17) is 4.74 Å². The molecule has 3 aromatic rings. The van der Waals surface area contributed by atoms with Gasteiger partial charge in [-0.3, -0.25) is 4.79 Å². The van der Waals surface area contributed by atoms with Gasteiger partial charge in [-0.2, -0.15) is 4.68 Å². The Labute approximate surface area is 149 Å². The molecule has 7 heteroatoms. The highest BCUT2D eigenvalue weighted by Crippen LogP contribution is 2.14. The van der Waals surface area contributed by atoms with Gasteiger partial charge >= 0.3 is 5.97 Å². The Hall–Kier alpha value is -3.61. The number of carbonyl (C=O) groups excluding carboxylic acids is 2. The van der Waals surface area contributed by atoms with Crippen molar-refractivity contribution >= 4 is 23.5 Å².